The van der Waals surface area contributed by atoms with Crippen molar-refractivity contribution in [3.05, 3.63) is 0 Å². The van der Waals surface area contributed by atoms with Gasteiger partial charge in [0.2, 0.25) is 5.91 Å². The van der Waals surface area contributed by atoms with Gasteiger partial charge < -0.3 is 10.2 Å². The van der Waals surface area contributed by atoms with Gasteiger partial charge in [-0.15, -0.1) is 0 Å². The first-order chi connectivity index (χ1) is 6.66. The molecule has 2 unspecified atom stereocenters. The van der Waals surface area contributed by atoms with Crippen LogP contribution in [0.3, 0.4) is 0 Å². The van der Waals surface area contributed by atoms with E-state index in [-0.39, 0.29) is 0 Å². The van der Waals surface area contributed by atoms with Crippen LogP contribution in [0.4, 0.5) is 0 Å². The monoisotopic (exact) mass is 216 g/mol. The summed E-state index contributed by atoms with van der Waals surface area (Å²) in [4.78, 5) is 13.8. The highest BCUT2D eigenvalue weighted by molar-refractivity contribution is 7.98. The summed E-state index contributed by atoms with van der Waals surface area (Å²) in [6.45, 7) is 6.04. The van der Waals surface area contributed by atoms with Gasteiger partial charge in [-0.25, -0.2) is 0 Å². The minimum absolute atomic E-state index is 0.306. The van der Waals surface area contributed by atoms with Crippen molar-refractivity contribution in [1.82, 2.24) is 10.2 Å². The molecule has 1 N–H and O–H groups in total. The van der Waals surface area contributed by atoms with Crippen LogP contribution in [0.25, 0.3) is 0 Å². The molecule has 0 aromatic heterocycles. The Hall–Kier alpha value is -0.220. The molecule has 0 aromatic rings. The third-order valence-corrected chi connectivity index (χ3v) is 3.49. The molecule has 0 saturated carbocycles. The summed E-state index contributed by atoms with van der Waals surface area (Å²) < 4.78 is 0. The first kappa shape index (κ1) is 11.9. The van der Waals surface area contributed by atoms with Crippen molar-refractivity contribution in [3.63, 3.8) is 0 Å². The molecule has 0 aromatic carbocycles. The van der Waals surface area contributed by atoms with E-state index in [2.05, 4.69) is 19.2 Å². The Balaban J connectivity index is 2.44. The fourth-order valence-electron chi connectivity index (χ4n) is 1.74. The molecule has 1 fully saturated rings. The second-order valence-electron chi connectivity index (χ2n) is 3.81. The normalized spacial score (nSPS) is 27.8. The second-order valence-corrected chi connectivity index (χ2v) is 4.80. The predicted octanol–water partition coefficient (Wildman–Crippen LogP) is 0.948. The largest absolute Gasteiger partial charge is 0.337 e. The summed E-state index contributed by atoms with van der Waals surface area (Å²) >= 11 is 1.73. The third-order valence-electron chi connectivity index (χ3n) is 2.87. The highest BCUT2D eigenvalue weighted by Crippen LogP contribution is 2.11. The summed E-state index contributed by atoms with van der Waals surface area (Å²) in [5.74, 6) is 1.24. The maximum Gasteiger partial charge on any atom is 0.223 e. The molecular weight excluding hydrogens is 196 g/mol. The van der Waals surface area contributed by atoms with Gasteiger partial charge in [-0.1, -0.05) is 0 Å². The molecule has 1 aliphatic rings. The third kappa shape index (κ3) is 2.89. The summed E-state index contributed by atoms with van der Waals surface area (Å²) in [6.07, 6.45) is 2.72. The quantitative estimate of drug-likeness (QED) is 0.762. The zero-order chi connectivity index (χ0) is 10.6. The highest BCUT2D eigenvalue weighted by atomic mass is 32.2. The molecule has 3 nitrogen and oxygen atoms in total. The molecule has 0 aliphatic carbocycles. The lowest BCUT2D eigenvalue weighted by Gasteiger charge is -2.38. The van der Waals surface area contributed by atoms with Gasteiger partial charge in [0, 0.05) is 37.3 Å². The van der Waals surface area contributed by atoms with E-state index >= 15 is 0 Å². The Morgan fingerprint density at radius 3 is 2.93 bits per heavy atom. The second kappa shape index (κ2) is 5.61. The van der Waals surface area contributed by atoms with Gasteiger partial charge in [0.25, 0.3) is 0 Å². The van der Waals surface area contributed by atoms with E-state index in [4.69, 9.17) is 0 Å². The van der Waals surface area contributed by atoms with Crippen molar-refractivity contribution in [3.8, 4) is 0 Å². The van der Waals surface area contributed by atoms with Crippen LogP contribution >= 0.6 is 11.8 Å². The standard InChI is InChI=1S/C10H20N2OS/c1-8-9(2)12(6-5-11-8)10(13)4-7-14-3/h8-9,11H,4-7H2,1-3H3. The van der Waals surface area contributed by atoms with E-state index in [1.54, 1.807) is 11.8 Å². The number of thioether (sulfide) groups is 1. The Kier molecular flexibility index (Phi) is 4.75. The Labute approximate surface area is 90.6 Å². The molecule has 1 saturated heterocycles. The summed E-state index contributed by atoms with van der Waals surface area (Å²) in [5.41, 5.74) is 0. The van der Waals surface area contributed by atoms with Gasteiger partial charge in [0.05, 0.1) is 0 Å². The molecule has 0 radical (unpaired) electrons. The SMILES string of the molecule is CSCCC(=O)N1CCNC(C)C1C. The van der Waals surface area contributed by atoms with E-state index in [1.807, 2.05) is 11.2 Å². The minimum atomic E-state index is 0.306. The van der Waals surface area contributed by atoms with Gasteiger partial charge in [-0.05, 0) is 20.1 Å². The number of carbonyl (C=O) groups excluding carboxylic acids is 1. The van der Waals surface area contributed by atoms with Crippen molar-refractivity contribution in [2.75, 3.05) is 25.1 Å². The zero-order valence-electron chi connectivity index (χ0n) is 9.25. The lowest BCUT2D eigenvalue weighted by Crippen LogP contribution is -2.57. The van der Waals surface area contributed by atoms with E-state index in [9.17, 15) is 4.79 Å². The Morgan fingerprint density at radius 1 is 1.57 bits per heavy atom. The van der Waals surface area contributed by atoms with Crippen LogP contribution in [-0.4, -0.2) is 48.0 Å². The predicted molar refractivity (Wildman–Crippen MR) is 61.6 cm³/mol. The zero-order valence-corrected chi connectivity index (χ0v) is 10.1. The number of nitrogens with zero attached hydrogens (tertiary/aromatic N) is 1. The number of piperazine rings is 1. The molecule has 1 rings (SSSR count). The fourth-order valence-corrected chi connectivity index (χ4v) is 2.12. The molecule has 1 aliphatic heterocycles. The van der Waals surface area contributed by atoms with Crippen molar-refractivity contribution in [1.29, 1.82) is 0 Å². The van der Waals surface area contributed by atoms with E-state index in [0.29, 0.717) is 24.4 Å². The molecule has 1 heterocycles. The van der Waals surface area contributed by atoms with Crippen LogP contribution in [0.5, 0.6) is 0 Å². The molecule has 2 atom stereocenters. The molecule has 4 heteroatoms. The molecule has 82 valence electrons. The summed E-state index contributed by atoms with van der Waals surface area (Å²) in [6, 6.07) is 0.750. The summed E-state index contributed by atoms with van der Waals surface area (Å²) in [5, 5.41) is 3.37. The van der Waals surface area contributed by atoms with E-state index in [1.165, 1.54) is 0 Å². The Morgan fingerprint density at radius 2 is 2.29 bits per heavy atom. The van der Waals surface area contributed by atoms with Crippen LogP contribution < -0.4 is 5.32 Å². The number of carbonyl (C=O) groups is 1. The maximum atomic E-state index is 11.8. The average Bonchev–Trinajstić information content (AvgIpc) is 2.18. The highest BCUT2D eigenvalue weighted by Gasteiger charge is 2.27. The van der Waals surface area contributed by atoms with Crippen LogP contribution in [0.2, 0.25) is 0 Å². The van der Waals surface area contributed by atoms with E-state index < -0.39 is 0 Å². The number of amides is 1. The number of rotatable bonds is 3. The van der Waals surface area contributed by atoms with Crippen molar-refractivity contribution < 1.29 is 4.79 Å². The topological polar surface area (TPSA) is 32.3 Å². The fraction of sp³-hybridized carbons (Fsp3) is 0.900. The molecule has 0 spiro atoms. The van der Waals surface area contributed by atoms with Gasteiger partial charge in [-0.2, -0.15) is 11.8 Å². The van der Waals surface area contributed by atoms with Crippen LogP contribution in [0.1, 0.15) is 20.3 Å². The van der Waals surface area contributed by atoms with Crippen LogP contribution in [0, 0.1) is 0 Å². The average molecular weight is 216 g/mol. The van der Waals surface area contributed by atoms with Gasteiger partial charge >= 0.3 is 0 Å². The lowest BCUT2D eigenvalue weighted by atomic mass is 10.1. The summed E-state index contributed by atoms with van der Waals surface area (Å²) in [7, 11) is 0. The van der Waals surface area contributed by atoms with E-state index in [0.717, 1.165) is 18.8 Å². The van der Waals surface area contributed by atoms with Crippen LogP contribution in [0.15, 0.2) is 0 Å². The number of hydrogen-bond acceptors (Lipinski definition) is 3. The number of nitrogens with one attached hydrogen (secondary N) is 1. The van der Waals surface area contributed by atoms with Crippen molar-refractivity contribution >= 4 is 17.7 Å². The van der Waals surface area contributed by atoms with Crippen molar-refractivity contribution in [2.24, 2.45) is 0 Å². The number of hydrogen-bond donors (Lipinski definition) is 1. The Bertz CT molecular complexity index is 199. The first-order valence-electron chi connectivity index (χ1n) is 5.18. The van der Waals surface area contributed by atoms with Gasteiger partial charge in [-0.3, -0.25) is 4.79 Å². The molecule has 0 bridgehead atoms. The maximum absolute atomic E-state index is 11.8. The first-order valence-corrected chi connectivity index (χ1v) is 6.58. The smallest absolute Gasteiger partial charge is 0.223 e. The molecule has 14 heavy (non-hydrogen) atoms. The molecular formula is C10H20N2OS. The van der Waals surface area contributed by atoms with Crippen LogP contribution in [-0.2, 0) is 4.79 Å². The molecule has 1 amide bonds. The van der Waals surface area contributed by atoms with Gasteiger partial charge in [0.15, 0.2) is 0 Å². The minimum Gasteiger partial charge on any atom is -0.337 e. The van der Waals surface area contributed by atoms with Crippen molar-refractivity contribution in [2.45, 2.75) is 32.4 Å². The lowest BCUT2D eigenvalue weighted by molar-refractivity contribution is -0.134. The van der Waals surface area contributed by atoms with Gasteiger partial charge in [0.1, 0.15) is 0 Å².